The number of aromatic nitrogens is 2. The molecule has 0 radical (unpaired) electrons. The lowest BCUT2D eigenvalue weighted by atomic mass is 10.2. The highest BCUT2D eigenvalue weighted by Gasteiger charge is 2.25. The number of nitrogens with one attached hydrogen (secondary N) is 1. The van der Waals surface area contributed by atoms with Gasteiger partial charge in [-0.25, -0.2) is 4.79 Å². The fourth-order valence-electron chi connectivity index (χ4n) is 4.06. The third kappa shape index (κ3) is 5.79. The minimum atomic E-state index is -0.588. The molecule has 1 aromatic heterocycles. The molecular weight excluding hydrogens is 446 g/mol. The molecule has 35 heavy (non-hydrogen) atoms. The first-order chi connectivity index (χ1) is 16.6. The predicted octanol–water partition coefficient (Wildman–Crippen LogP) is 3.68. The second kappa shape index (κ2) is 9.77. The van der Waals surface area contributed by atoms with E-state index in [-0.39, 0.29) is 18.4 Å². The summed E-state index contributed by atoms with van der Waals surface area (Å²) in [6, 6.07) is 14.6. The highest BCUT2D eigenvalue weighted by Crippen LogP contribution is 2.23. The molecule has 4 rings (SSSR count). The van der Waals surface area contributed by atoms with E-state index in [1.165, 1.54) is 0 Å². The molecule has 0 bridgehead atoms. The summed E-state index contributed by atoms with van der Waals surface area (Å²) in [4.78, 5) is 41.3. The third-order valence-corrected chi connectivity index (χ3v) is 5.87. The Hall–Kier alpha value is -3.88. The van der Waals surface area contributed by atoms with Crippen molar-refractivity contribution in [3.05, 3.63) is 59.8 Å². The smallest absolute Gasteiger partial charge is 0.412 e. The van der Waals surface area contributed by atoms with Crippen molar-refractivity contribution in [3.8, 4) is 0 Å². The molecule has 3 amide bonds. The molecule has 3 aromatic rings. The fourth-order valence-corrected chi connectivity index (χ4v) is 4.06. The maximum atomic E-state index is 13.0. The van der Waals surface area contributed by atoms with Crippen LogP contribution in [0.3, 0.4) is 0 Å². The first-order valence-corrected chi connectivity index (χ1v) is 11.7. The van der Waals surface area contributed by atoms with Crippen LogP contribution >= 0.6 is 0 Å². The zero-order valence-corrected chi connectivity index (χ0v) is 20.6. The van der Waals surface area contributed by atoms with Crippen molar-refractivity contribution in [1.29, 1.82) is 0 Å². The van der Waals surface area contributed by atoms with Gasteiger partial charge in [-0.2, -0.15) is 5.10 Å². The number of fused-ring (bicyclic) bond motifs is 1. The highest BCUT2D eigenvalue weighted by molar-refractivity contribution is 5.94. The Bertz CT molecular complexity index is 1240. The number of piperazine rings is 1. The summed E-state index contributed by atoms with van der Waals surface area (Å²) in [6.45, 7) is 9.41. The Morgan fingerprint density at radius 1 is 0.971 bits per heavy atom. The number of anilines is 1. The lowest BCUT2D eigenvalue weighted by Crippen LogP contribution is -2.51. The first-order valence-electron chi connectivity index (χ1n) is 11.7. The van der Waals surface area contributed by atoms with Gasteiger partial charge in [0.05, 0.1) is 5.52 Å². The number of hydrogen-bond acceptors (Lipinski definition) is 5. The maximum Gasteiger partial charge on any atom is 0.412 e. The molecule has 2 heterocycles. The average Bonchev–Trinajstić information content (AvgIpc) is 3.12. The summed E-state index contributed by atoms with van der Waals surface area (Å²) in [5.41, 5.74) is 2.24. The number of hydrogen-bond donors (Lipinski definition) is 1. The summed E-state index contributed by atoms with van der Waals surface area (Å²) in [7, 11) is 0. The molecule has 184 valence electrons. The van der Waals surface area contributed by atoms with E-state index in [0.717, 1.165) is 16.6 Å². The van der Waals surface area contributed by atoms with Crippen LogP contribution in [0.2, 0.25) is 0 Å². The zero-order valence-electron chi connectivity index (χ0n) is 20.6. The average molecular weight is 478 g/mol. The largest absolute Gasteiger partial charge is 0.444 e. The Kier molecular flexibility index (Phi) is 6.77. The molecule has 0 aliphatic carbocycles. The molecule has 0 saturated carbocycles. The minimum absolute atomic E-state index is 0.0114. The molecule has 9 nitrogen and oxygen atoms in total. The number of aryl methyl sites for hydroxylation is 1. The number of benzene rings is 2. The Balaban J connectivity index is 1.38. The van der Waals surface area contributed by atoms with Gasteiger partial charge in [-0.05, 0) is 58.0 Å². The molecule has 0 unspecified atom stereocenters. The number of rotatable bonds is 4. The van der Waals surface area contributed by atoms with Gasteiger partial charge in [-0.15, -0.1) is 0 Å². The number of nitrogens with zero attached hydrogens (tertiary/aromatic N) is 4. The normalized spacial score (nSPS) is 14.2. The van der Waals surface area contributed by atoms with E-state index in [4.69, 9.17) is 4.74 Å². The number of ether oxygens (including phenoxy) is 1. The van der Waals surface area contributed by atoms with E-state index in [1.807, 2.05) is 58.0 Å². The van der Waals surface area contributed by atoms with Crippen LogP contribution in [0, 0.1) is 6.92 Å². The van der Waals surface area contributed by atoms with E-state index in [0.29, 0.717) is 37.4 Å². The zero-order chi connectivity index (χ0) is 25.2. The van der Waals surface area contributed by atoms with Gasteiger partial charge >= 0.3 is 6.09 Å². The van der Waals surface area contributed by atoms with Gasteiger partial charge in [0.25, 0.3) is 5.91 Å². The SMILES string of the molecule is Cc1c2cc(NC(=O)OC(C)(C)C)ccc2nn1CC(=O)N1CCN(C(=O)c2ccccc2)CC1. The van der Waals surface area contributed by atoms with Gasteiger partial charge in [-0.1, -0.05) is 18.2 Å². The van der Waals surface area contributed by atoms with E-state index in [2.05, 4.69) is 10.4 Å². The van der Waals surface area contributed by atoms with Gasteiger partial charge in [-0.3, -0.25) is 19.6 Å². The van der Waals surface area contributed by atoms with Crippen LogP contribution in [0.5, 0.6) is 0 Å². The van der Waals surface area contributed by atoms with Crippen LogP contribution in [0.25, 0.3) is 10.9 Å². The molecule has 1 fully saturated rings. The topological polar surface area (TPSA) is 96.8 Å². The highest BCUT2D eigenvalue weighted by atomic mass is 16.6. The second-order valence-electron chi connectivity index (χ2n) is 9.64. The molecule has 1 aliphatic rings. The van der Waals surface area contributed by atoms with E-state index in [1.54, 1.807) is 32.7 Å². The van der Waals surface area contributed by atoms with Crippen molar-refractivity contribution in [1.82, 2.24) is 19.6 Å². The van der Waals surface area contributed by atoms with Gasteiger partial charge in [0.15, 0.2) is 0 Å². The molecule has 2 aromatic carbocycles. The van der Waals surface area contributed by atoms with Crippen molar-refractivity contribution < 1.29 is 19.1 Å². The van der Waals surface area contributed by atoms with Crippen LogP contribution in [0.4, 0.5) is 10.5 Å². The van der Waals surface area contributed by atoms with Gasteiger partial charge in [0.2, 0.25) is 5.91 Å². The standard InChI is InChI=1S/C26H31N5O4/c1-18-21-16-20(27-25(34)35-26(2,3)4)10-11-22(21)28-31(18)17-23(32)29-12-14-30(15-13-29)24(33)19-8-6-5-7-9-19/h5-11,16H,12-15,17H2,1-4H3,(H,27,34). The molecule has 1 aliphatic heterocycles. The monoisotopic (exact) mass is 477 g/mol. The third-order valence-electron chi connectivity index (χ3n) is 5.87. The minimum Gasteiger partial charge on any atom is -0.444 e. The van der Waals surface area contributed by atoms with Gasteiger partial charge < -0.3 is 14.5 Å². The Labute approximate surface area is 204 Å². The Morgan fingerprint density at radius 2 is 1.63 bits per heavy atom. The fraction of sp³-hybridized carbons (Fsp3) is 0.385. The van der Waals surface area contributed by atoms with Crippen molar-refractivity contribution in [3.63, 3.8) is 0 Å². The van der Waals surface area contributed by atoms with Crippen LogP contribution in [0.15, 0.2) is 48.5 Å². The van der Waals surface area contributed by atoms with Crippen LogP contribution in [-0.2, 0) is 16.1 Å². The maximum absolute atomic E-state index is 13.0. The number of amides is 3. The first kappa shape index (κ1) is 24.3. The van der Waals surface area contributed by atoms with Crippen molar-refractivity contribution >= 4 is 34.5 Å². The van der Waals surface area contributed by atoms with E-state index < -0.39 is 11.7 Å². The summed E-state index contributed by atoms with van der Waals surface area (Å²) < 4.78 is 7.00. The summed E-state index contributed by atoms with van der Waals surface area (Å²) in [5, 5.41) is 8.16. The van der Waals surface area contributed by atoms with E-state index in [9.17, 15) is 14.4 Å². The quantitative estimate of drug-likeness (QED) is 0.618. The molecule has 9 heteroatoms. The van der Waals surface area contributed by atoms with Gasteiger partial charge in [0.1, 0.15) is 12.1 Å². The van der Waals surface area contributed by atoms with Crippen LogP contribution in [-0.4, -0.2) is 69.3 Å². The molecule has 0 spiro atoms. The number of carbonyl (C=O) groups excluding carboxylic acids is 3. The lowest BCUT2D eigenvalue weighted by molar-refractivity contribution is -0.133. The van der Waals surface area contributed by atoms with Crippen molar-refractivity contribution in [2.75, 3.05) is 31.5 Å². The second-order valence-corrected chi connectivity index (χ2v) is 9.64. The van der Waals surface area contributed by atoms with Crippen molar-refractivity contribution in [2.45, 2.75) is 39.8 Å². The molecular formula is C26H31N5O4. The molecule has 1 N–H and O–H groups in total. The summed E-state index contributed by atoms with van der Waals surface area (Å²) in [6.07, 6.45) is -0.526. The van der Waals surface area contributed by atoms with E-state index >= 15 is 0 Å². The van der Waals surface area contributed by atoms with Gasteiger partial charge in [0, 0.05) is 48.5 Å². The number of carbonyl (C=O) groups is 3. The van der Waals surface area contributed by atoms with Crippen LogP contribution < -0.4 is 5.32 Å². The summed E-state index contributed by atoms with van der Waals surface area (Å²) in [5.74, 6) is -0.0533. The molecule has 1 saturated heterocycles. The van der Waals surface area contributed by atoms with Crippen molar-refractivity contribution in [2.24, 2.45) is 0 Å². The van der Waals surface area contributed by atoms with Crippen LogP contribution in [0.1, 0.15) is 36.8 Å². The summed E-state index contributed by atoms with van der Waals surface area (Å²) >= 11 is 0. The lowest BCUT2D eigenvalue weighted by Gasteiger charge is -2.34. The molecule has 0 atom stereocenters. The predicted molar refractivity (Wildman–Crippen MR) is 133 cm³/mol. The Morgan fingerprint density at radius 3 is 2.29 bits per heavy atom.